The van der Waals surface area contributed by atoms with E-state index in [1.165, 1.54) is 24.3 Å². The number of halogens is 6. The van der Waals surface area contributed by atoms with Crippen LogP contribution in [-0.4, -0.2) is 41.0 Å². The van der Waals surface area contributed by atoms with E-state index >= 15 is 8.78 Å². The van der Waals surface area contributed by atoms with Crippen LogP contribution in [0.2, 0.25) is 0 Å². The van der Waals surface area contributed by atoms with Gasteiger partial charge >= 0.3 is 0 Å². The second kappa shape index (κ2) is 9.88. The van der Waals surface area contributed by atoms with Gasteiger partial charge in [-0.25, -0.2) is 17.6 Å². The number of carbonyl (C=O) groups excluding carboxylic acids is 2. The van der Waals surface area contributed by atoms with Crippen LogP contribution >= 0.6 is 0 Å². The zero-order valence-electron chi connectivity index (χ0n) is 19.1. The molecule has 35 heavy (non-hydrogen) atoms. The summed E-state index contributed by atoms with van der Waals surface area (Å²) in [5.41, 5.74) is 3.18. The van der Waals surface area contributed by atoms with Crippen molar-refractivity contribution in [2.24, 2.45) is 5.73 Å². The average Bonchev–Trinajstić information content (AvgIpc) is 2.75. The summed E-state index contributed by atoms with van der Waals surface area (Å²) in [4.78, 5) is 25.9. The molecule has 190 valence electrons. The molecule has 0 saturated carbocycles. The molecule has 2 atom stereocenters. The third-order valence-electron chi connectivity index (χ3n) is 5.84. The standard InChI is InChI=1S/C24H25F6N3O2/c1-23(2,28)22(35)32-11-20-24(29,30)16-6-4-3-5-13(16)12-33(20)21(34)9-15(31)7-14-8-18(26)19(27)10-17(14)25/h3-6,8,10,15,20H,7,9,11-12,31H2,1-2H3,(H,32,35)/t15-,20-/m1/s1. The molecule has 0 fully saturated rings. The summed E-state index contributed by atoms with van der Waals surface area (Å²) >= 11 is 0. The van der Waals surface area contributed by atoms with Crippen LogP contribution < -0.4 is 11.1 Å². The summed E-state index contributed by atoms with van der Waals surface area (Å²) in [5.74, 6) is -9.27. The van der Waals surface area contributed by atoms with Gasteiger partial charge in [0.05, 0.1) is 0 Å². The first-order chi connectivity index (χ1) is 16.2. The van der Waals surface area contributed by atoms with E-state index in [9.17, 15) is 27.2 Å². The van der Waals surface area contributed by atoms with Gasteiger partial charge in [0.1, 0.15) is 11.9 Å². The maximum atomic E-state index is 15.4. The number of fused-ring (bicyclic) bond motifs is 1. The fourth-order valence-corrected chi connectivity index (χ4v) is 3.97. The van der Waals surface area contributed by atoms with Crippen molar-refractivity contribution in [3.8, 4) is 0 Å². The third kappa shape index (κ3) is 5.77. The SMILES string of the molecule is CC(C)(F)C(=O)NC[C@H]1N(C(=O)C[C@H](N)Cc2cc(F)c(F)cc2F)Cc2ccccc2C1(F)F. The van der Waals surface area contributed by atoms with Gasteiger partial charge in [-0.05, 0) is 37.5 Å². The van der Waals surface area contributed by atoms with E-state index in [0.29, 0.717) is 12.1 Å². The summed E-state index contributed by atoms with van der Waals surface area (Å²) < 4.78 is 85.4. The van der Waals surface area contributed by atoms with Gasteiger partial charge in [-0.1, -0.05) is 24.3 Å². The summed E-state index contributed by atoms with van der Waals surface area (Å²) in [5, 5.41) is 2.13. The highest BCUT2D eigenvalue weighted by Crippen LogP contribution is 2.41. The molecule has 1 aliphatic rings. The van der Waals surface area contributed by atoms with E-state index in [-0.39, 0.29) is 29.7 Å². The molecule has 3 rings (SSSR count). The van der Waals surface area contributed by atoms with Crippen molar-refractivity contribution in [1.82, 2.24) is 10.2 Å². The molecule has 0 radical (unpaired) electrons. The average molecular weight is 501 g/mol. The molecule has 0 aliphatic carbocycles. The molecule has 0 bridgehead atoms. The first-order valence-electron chi connectivity index (χ1n) is 10.8. The number of nitrogens with one attached hydrogen (secondary N) is 1. The number of alkyl halides is 3. The zero-order chi connectivity index (χ0) is 26.1. The number of carbonyl (C=O) groups is 2. The number of rotatable bonds is 7. The van der Waals surface area contributed by atoms with Crippen molar-refractivity contribution in [3.05, 3.63) is 70.5 Å². The van der Waals surface area contributed by atoms with Crippen LogP contribution in [0.25, 0.3) is 0 Å². The van der Waals surface area contributed by atoms with E-state index in [1.807, 2.05) is 0 Å². The molecule has 0 spiro atoms. The molecular formula is C24H25F6N3O2. The Bertz CT molecular complexity index is 1120. The molecule has 2 aromatic rings. The van der Waals surface area contributed by atoms with Crippen LogP contribution in [0.3, 0.4) is 0 Å². The minimum atomic E-state index is -3.59. The summed E-state index contributed by atoms with van der Waals surface area (Å²) in [6, 6.07) is 3.61. The molecule has 3 N–H and O–H groups in total. The number of amides is 2. The normalized spacial score (nSPS) is 18.1. The first kappa shape index (κ1) is 26.5. The lowest BCUT2D eigenvalue weighted by atomic mass is 9.89. The minimum Gasteiger partial charge on any atom is -0.351 e. The molecular weight excluding hydrogens is 476 g/mol. The lowest BCUT2D eigenvalue weighted by Gasteiger charge is -2.42. The second-order valence-electron chi connectivity index (χ2n) is 9.03. The molecule has 0 unspecified atom stereocenters. The Morgan fingerprint density at radius 1 is 1.14 bits per heavy atom. The molecule has 0 aromatic heterocycles. The van der Waals surface area contributed by atoms with Crippen molar-refractivity contribution < 1.29 is 35.9 Å². The topological polar surface area (TPSA) is 75.4 Å². The first-order valence-corrected chi connectivity index (χ1v) is 10.8. The molecule has 2 amide bonds. The van der Waals surface area contributed by atoms with Crippen molar-refractivity contribution in [1.29, 1.82) is 0 Å². The highest BCUT2D eigenvalue weighted by Gasteiger charge is 2.51. The lowest BCUT2D eigenvalue weighted by Crippen LogP contribution is -2.58. The monoisotopic (exact) mass is 501 g/mol. The van der Waals surface area contributed by atoms with Gasteiger partial charge in [0.2, 0.25) is 5.91 Å². The van der Waals surface area contributed by atoms with Gasteiger partial charge in [-0.2, -0.15) is 8.78 Å². The second-order valence-corrected chi connectivity index (χ2v) is 9.03. The Hall–Kier alpha value is -3.08. The fourth-order valence-electron chi connectivity index (χ4n) is 3.97. The number of nitrogens with two attached hydrogens (primary N) is 1. The Labute approximate surface area is 198 Å². The summed E-state index contributed by atoms with van der Waals surface area (Å²) in [6.45, 7) is 0.981. The predicted octanol–water partition coefficient (Wildman–Crippen LogP) is 3.73. The number of hydrogen-bond donors (Lipinski definition) is 2. The van der Waals surface area contributed by atoms with Gasteiger partial charge < -0.3 is 16.0 Å². The van der Waals surface area contributed by atoms with Crippen molar-refractivity contribution >= 4 is 11.8 Å². The highest BCUT2D eigenvalue weighted by atomic mass is 19.3. The number of benzene rings is 2. The third-order valence-corrected chi connectivity index (χ3v) is 5.84. The van der Waals surface area contributed by atoms with Gasteiger partial charge in [0.25, 0.3) is 11.8 Å². The maximum Gasteiger partial charge on any atom is 0.295 e. The van der Waals surface area contributed by atoms with E-state index in [1.54, 1.807) is 0 Å². The largest absolute Gasteiger partial charge is 0.351 e. The van der Waals surface area contributed by atoms with Gasteiger partial charge in [-0.3, -0.25) is 9.59 Å². The van der Waals surface area contributed by atoms with E-state index in [0.717, 1.165) is 18.7 Å². The highest BCUT2D eigenvalue weighted by molar-refractivity contribution is 5.84. The van der Waals surface area contributed by atoms with Crippen LogP contribution in [0, 0.1) is 17.5 Å². The molecule has 5 nitrogen and oxygen atoms in total. The van der Waals surface area contributed by atoms with Crippen LogP contribution in [-0.2, 0) is 28.5 Å². The summed E-state index contributed by atoms with van der Waals surface area (Å²) in [6.07, 6.45) is -0.872. The number of hydrogen-bond acceptors (Lipinski definition) is 3. The van der Waals surface area contributed by atoms with Crippen molar-refractivity contribution in [2.45, 2.75) is 56.9 Å². The molecule has 0 saturated heterocycles. The molecule has 11 heteroatoms. The number of nitrogens with zero attached hydrogens (tertiary/aromatic N) is 1. The Balaban J connectivity index is 1.83. The van der Waals surface area contributed by atoms with E-state index < -0.39 is 65.9 Å². The van der Waals surface area contributed by atoms with Crippen molar-refractivity contribution in [3.63, 3.8) is 0 Å². The Kier molecular flexibility index (Phi) is 7.49. The molecule has 1 aliphatic heterocycles. The fraction of sp³-hybridized carbons (Fsp3) is 0.417. The molecule has 2 aromatic carbocycles. The zero-order valence-corrected chi connectivity index (χ0v) is 19.1. The van der Waals surface area contributed by atoms with Crippen LogP contribution in [0.5, 0.6) is 0 Å². The van der Waals surface area contributed by atoms with Gasteiger partial charge in [0.15, 0.2) is 17.3 Å². The summed E-state index contributed by atoms with van der Waals surface area (Å²) in [7, 11) is 0. The quantitative estimate of drug-likeness (QED) is 0.449. The Morgan fingerprint density at radius 2 is 1.77 bits per heavy atom. The van der Waals surface area contributed by atoms with Crippen molar-refractivity contribution in [2.75, 3.05) is 6.54 Å². The van der Waals surface area contributed by atoms with Gasteiger partial charge in [-0.15, -0.1) is 0 Å². The predicted molar refractivity (Wildman–Crippen MR) is 115 cm³/mol. The van der Waals surface area contributed by atoms with E-state index in [2.05, 4.69) is 5.32 Å². The van der Waals surface area contributed by atoms with Crippen LogP contribution in [0.1, 0.15) is 37.0 Å². The lowest BCUT2D eigenvalue weighted by molar-refractivity contribution is -0.153. The minimum absolute atomic E-state index is 0.180. The van der Waals surface area contributed by atoms with Crippen LogP contribution in [0.15, 0.2) is 36.4 Å². The Morgan fingerprint density at radius 3 is 2.43 bits per heavy atom. The smallest absolute Gasteiger partial charge is 0.295 e. The van der Waals surface area contributed by atoms with Crippen LogP contribution in [0.4, 0.5) is 26.3 Å². The molecule has 1 heterocycles. The maximum absolute atomic E-state index is 15.4. The van der Waals surface area contributed by atoms with E-state index in [4.69, 9.17) is 5.73 Å². The van der Waals surface area contributed by atoms with Gasteiger partial charge in [0, 0.05) is 37.2 Å².